The highest BCUT2D eigenvalue weighted by Crippen LogP contribution is 2.29. The van der Waals surface area contributed by atoms with Crippen molar-refractivity contribution >= 4 is 33.8 Å². The van der Waals surface area contributed by atoms with Crippen molar-refractivity contribution in [1.82, 2.24) is 4.98 Å². The van der Waals surface area contributed by atoms with Crippen LogP contribution in [0.25, 0.3) is 32.6 Å². The fraction of sp³-hybridized carbons (Fsp3) is 0.0370. The maximum absolute atomic E-state index is 13.3. The molecule has 32 heavy (non-hydrogen) atoms. The highest BCUT2D eigenvalue weighted by atomic mass is 32.1. The van der Waals surface area contributed by atoms with E-state index in [9.17, 15) is 4.79 Å². The number of rotatable bonds is 5. The molecule has 5 rings (SSSR count). The summed E-state index contributed by atoms with van der Waals surface area (Å²) in [5, 5.41) is 5.87. The minimum atomic E-state index is -0.177. The van der Waals surface area contributed by atoms with Crippen LogP contribution < -0.4 is 10.1 Å². The normalized spacial score (nSPS) is 10.8. The van der Waals surface area contributed by atoms with Gasteiger partial charge in [0.1, 0.15) is 5.75 Å². The third-order valence-corrected chi connectivity index (χ3v) is 6.20. The van der Waals surface area contributed by atoms with Crippen molar-refractivity contribution in [2.45, 2.75) is 0 Å². The number of nitrogens with zero attached hydrogens (tertiary/aromatic N) is 1. The van der Waals surface area contributed by atoms with E-state index in [0.717, 1.165) is 27.9 Å². The lowest BCUT2D eigenvalue weighted by molar-refractivity contribution is 0.102. The van der Waals surface area contributed by atoms with E-state index in [1.807, 2.05) is 84.9 Å². The lowest BCUT2D eigenvalue weighted by Crippen LogP contribution is -2.13. The molecular formula is C27H20N2O2S. The number of pyridine rings is 1. The highest BCUT2D eigenvalue weighted by molar-refractivity contribution is 7.13. The first-order chi connectivity index (χ1) is 15.7. The molecule has 0 aliphatic rings. The molecule has 1 N–H and O–H groups in total. The summed E-state index contributed by atoms with van der Waals surface area (Å²) in [6.07, 6.45) is 0. The van der Waals surface area contributed by atoms with Crippen LogP contribution >= 0.6 is 11.3 Å². The second-order valence-corrected chi connectivity index (χ2v) is 8.26. The lowest BCUT2D eigenvalue weighted by atomic mass is 10.0. The number of hydrogen-bond acceptors (Lipinski definition) is 4. The largest absolute Gasteiger partial charge is 0.497 e. The zero-order valence-electron chi connectivity index (χ0n) is 17.4. The van der Waals surface area contributed by atoms with Crippen LogP contribution in [0.15, 0.2) is 96.4 Å². The third-order valence-electron chi connectivity index (χ3n) is 5.28. The molecule has 0 saturated heterocycles. The number of hydrogen-bond donors (Lipinski definition) is 1. The molecule has 1 amide bonds. The molecule has 0 aliphatic carbocycles. The van der Waals surface area contributed by atoms with Crippen LogP contribution in [0, 0.1) is 0 Å². The van der Waals surface area contributed by atoms with Crippen molar-refractivity contribution in [3.05, 3.63) is 102 Å². The summed E-state index contributed by atoms with van der Waals surface area (Å²) < 4.78 is 5.37. The molecule has 3 aromatic carbocycles. The van der Waals surface area contributed by atoms with Gasteiger partial charge in [-0.2, -0.15) is 0 Å². The van der Waals surface area contributed by atoms with Crippen LogP contribution in [0.3, 0.4) is 0 Å². The molecule has 5 heteroatoms. The number of benzene rings is 3. The summed E-state index contributed by atoms with van der Waals surface area (Å²) in [4.78, 5) is 19.3. The van der Waals surface area contributed by atoms with Gasteiger partial charge in [0, 0.05) is 27.6 Å². The Morgan fingerprint density at radius 1 is 0.875 bits per heavy atom. The number of thiophene rings is 1. The van der Waals surface area contributed by atoms with E-state index in [4.69, 9.17) is 9.72 Å². The Kier molecular flexibility index (Phi) is 5.40. The van der Waals surface area contributed by atoms with Gasteiger partial charge in [-0.1, -0.05) is 48.5 Å². The van der Waals surface area contributed by atoms with E-state index in [2.05, 4.69) is 16.8 Å². The smallest absolute Gasteiger partial charge is 0.256 e. The fourth-order valence-electron chi connectivity index (χ4n) is 3.64. The van der Waals surface area contributed by atoms with E-state index in [0.29, 0.717) is 16.8 Å². The topological polar surface area (TPSA) is 51.2 Å². The summed E-state index contributed by atoms with van der Waals surface area (Å²) >= 11 is 1.69. The molecule has 2 aromatic heterocycles. The number of amides is 1. The Bertz CT molecular complexity index is 1380. The van der Waals surface area contributed by atoms with E-state index in [1.165, 1.54) is 4.88 Å². The fourth-order valence-corrected chi connectivity index (χ4v) is 4.37. The molecule has 0 unspecified atom stereocenters. The van der Waals surface area contributed by atoms with Gasteiger partial charge in [-0.25, -0.2) is 4.98 Å². The summed E-state index contributed by atoms with van der Waals surface area (Å²) in [7, 11) is 1.62. The van der Waals surface area contributed by atoms with Crippen LogP contribution in [0.2, 0.25) is 0 Å². The standard InChI is InChI=1S/C27H20N2O2S/c1-31-21-13-14-22-23(17-24(29-25(22)16-21)18-6-3-2-4-7-18)27(30)28-20-11-9-19(10-12-20)26-8-5-15-32-26/h2-17H,1H3,(H,28,30). The first-order valence-electron chi connectivity index (χ1n) is 10.2. The van der Waals surface area contributed by atoms with Crippen LogP contribution in [-0.2, 0) is 0 Å². The number of fused-ring (bicyclic) bond motifs is 1. The van der Waals surface area contributed by atoms with E-state index in [-0.39, 0.29) is 5.91 Å². The molecular weight excluding hydrogens is 416 g/mol. The lowest BCUT2D eigenvalue weighted by Gasteiger charge is -2.12. The van der Waals surface area contributed by atoms with Crippen molar-refractivity contribution in [1.29, 1.82) is 0 Å². The van der Waals surface area contributed by atoms with Crippen LogP contribution in [0.5, 0.6) is 5.75 Å². The maximum Gasteiger partial charge on any atom is 0.256 e. The summed E-state index contributed by atoms with van der Waals surface area (Å²) in [6, 6.07) is 29.3. The van der Waals surface area contributed by atoms with Crippen molar-refractivity contribution in [2.24, 2.45) is 0 Å². The van der Waals surface area contributed by atoms with Gasteiger partial charge in [0.05, 0.1) is 23.9 Å². The van der Waals surface area contributed by atoms with Crippen molar-refractivity contribution in [3.8, 4) is 27.4 Å². The molecule has 0 radical (unpaired) electrons. The minimum Gasteiger partial charge on any atom is -0.497 e. The molecule has 2 heterocycles. The molecule has 5 aromatic rings. The van der Waals surface area contributed by atoms with Gasteiger partial charge in [-0.3, -0.25) is 4.79 Å². The monoisotopic (exact) mass is 436 g/mol. The molecule has 0 fully saturated rings. The minimum absolute atomic E-state index is 0.177. The summed E-state index contributed by atoms with van der Waals surface area (Å²) in [5.74, 6) is 0.523. The SMILES string of the molecule is COc1ccc2c(C(=O)Nc3ccc(-c4cccs4)cc3)cc(-c3ccccc3)nc2c1. The van der Waals surface area contributed by atoms with Gasteiger partial charge in [-0.15, -0.1) is 11.3 Å². The molecule has 0 aliphatic heterocycles. The van der Waals surface area contributed by atoms with Crippen LogP contribution in [0.1, 0.15) is 10.4 Å². The van der Waals surface area contributed by atoms with Gasteiger partial charge >= 0.3 is 0 Å². The first-order valence-corrected chi connectivity index (χ1v) is 11.1. The van der Waals surface area contributed by atoms with Gasteiger partial charge in [0.25, 0.3) is 5.91 Å². The second-order valence-electron chi connectivity index (χ2n) is 7.31. The van der Waals surface area contributed by atoms with Crippen molar-refractivity contribution < 1.29 is 9.53 Å². The Balaban J connectivity index is 1.52. The highest BCUT2D eigenvalue weighted by Gasteiger charge is 2.15. The van der Waals surface area contributed by atoms with Gasteiger partial charge in [0.2, 0.25) is 0 Å². The van der Waals surface area contributed by atoms with Crippen LogP contribution in [-0.4, -0.2) is 18.0 Å². The Morgan fingerprint density at radius 3 is 2.41 bits per heavy atom. The number of carbonyl (C=O) groups is 1. The average molecular weight is 437 g/mol. The predicted molar refractivity (Wildman–Crippen MR) is 131 cm³/mol. The van der Waals surface area contributed by atoms with Crippen LogP contribution in [0.4, 0.5) is 5.69 Å². The number of nitrogens with one attached hydrogen (secondary N) is 1. The van der Waals surface area contributed by atoms with E-state index < -0.39 is 0 Å². The number of ether oxygens (including phenoxy) is 1. The van der Waals surface area contributed by atoms with Gasteiger partial charge in [0.15, 0.2) is 0 Å². The van der Waals surface area contributed by atoms with Gasteiger partial charge in [-0.05, 0) is 47.3 Å². The second kappa shape index (κ2) is 8.65. The first kappa shape index (κ1) is 20.0. The average Bonchev–Trinajstić information content (AvgIpc) is 3.39. The molecule has 156 valence electrons. The molecule has 0 saturated carbocycles. The Hall–Kier alpha value is -3.96. The molecule has 0 bridgehead atoms. The Morgan fingerprint density at radius 2 is 1.69 bits per heavy atom. The molecule has 4 nitrogen and oxygen atoms in total. The Labute approximate surface area is 190 Å². The predicted octanol–water partition coefficient (Wildman–Crippen LogP) is 6.89. The molecule has 0 atom stereocenters. The third kappa shape index (κ3) is 3.98. The maximum atomic E-state index is 13.3. The number of aromatic nitrogens is 1. The van der Waals surface area contributed by atoms with Gasteiger partial charge < -0.3 is 10.1 Å². The van der Waals surface area contributed by atoms with E-state index >= 15 is 0 Å². The molecule has 0 spiro atoms. The summed E-state index contributed by atoms with van der Waals surface area (Å²) in [5.41, 5.74) is 4.85. The number of carbonyl (C=O) groups excluding carboxylic acids is 1. The van der Waals surface area contributed by atoms with E-state index in [1.54, 1.807) is 18.4 Å². The zero-order chi connectivity index (χ0) is 21.9. The zero-order valence-corrected chi connectivity index (χ0v) is 18.2. The number of anilines is 1. The quantitative estimate of drug-likeness (QED) is 0.326. The van der Waals surface area contributed by atoms with Crippen molar-refractivity contribution in [3.63, 3.8) is 0 Å². The number of methoxy groups -OCH3 is 1. The van der Waals surface area contributed by atoms with Crippen molar-refractivity contribution in [2.75, 3.05) is 12.4 Å². The summed E-state index contributed by atoms with van der Waals surface area (Å²) in [6.45, 7) is 0.